The summed E-state index contributed by atoms with van der Waals surface area (Å²) in [4.78, 5) is 25.9. The lowest BCUT2D eigenvalue weighted by Crippen LogP contribution is -2.53. The lowest BCUT2D eigenvalue weighted by atomic mass is 9.92. The Morgan fingerprint density at radius 3 is 2.77 bits per heavy atom. The lowest BCUT2D eigenvalue weighted by molar-refractivity contribution is -0.138. The van der Waals surface area contributed by atoms with Crippen LogP contribution in [0.25, 0.3) is 0 Å². The summed E-state index contributed by atoms with van der Waals surface area (Å²) in [5, 5.41) is 0.572. The number of amides is 2. The van der Waals surface area contributed by atoms with E-state index in [9.17, 15) is 9.59 Å². The van der Waals surface area contributed by atoms with Crippen molar-refractivity contribution in [1.29, 1.82) is 0 Å². The van der Waals surface area contributed by atoms with Crippen LogP contribution in [0.3, 0.4) is 0 Å². The molecule has 1 heterocycles. The Hall–Kier alpha value is -1.59. The number of ether oxygens (including phenoxy) is 1. The third kappa shape index (κ3) is 3.59. The molecular formula is C16H21ClN2O3. The van der Waals surface area contributed by atoms with Gasteiger partial charge in [0.1, 0.15) is 0 Å². The van der Waals surface area contributed by atoms with Crippen LogP contribution in [0.15, 0.2) is 24.3 Å². The van der Waals surface area contributed by atoms with E-state index in [-0.39, 0.29) is 18.7 Å². The number of nitrogens with zero attached hydrogens (tertiary/aromatic N) is 1. The Labute approximate surface area is 135 Å². The minimum absolute atomic E-state index is 0.0519. The van der Waals surface area contributed by atoms with Crippen LogP contribution in [0.4, 0.5) is 0 Å². The van der Waals surface area contributed by atoms with Gasteiger partial charge in [-0.3, -0.25) is 9.59 Å². The molecular weight excluding hydrogens is 304 g/mol. The van der Waals surface area contributed by atoms with E-state index in [0.29, 0.717) is 18.2 Å². The summed E-state index contributed by atoms with van der Waals surface area (Å²) in [5.41, 5.74) is 5.53. The molecule has 1 saturated heterocycles. The molecule has 0 saturated carbocycles. The topological polar surface area (TPSA) is 72.6 Å². The highest BCUT2D eigenvalue weighted by Gasteiger charge is 2.44. The van der Waals surface area contributed by atoms with E-state index in [0.717, 1.165) is 18.4 Å². The largest absolute Gasteiger partial charge is 0.382 e. The van der Waals surface area contributed by atoms with Gasteiger partial charge in [-0.15, -0.1) is 0 Å². The molecule has 1 fully saturated rings. The van der Waals surface area contributed by atoms with Crippen LogP contribution in [-0.4, -0.2) is 42.5 Å². The van der Waals surface area contributed by atoms with Crippen LogP contribution < -0.4 is 5.73 Å². The van der Waals surface area contributed by atoms with Crippen molar-refractivity contribution in [2.24, 2.45) is 5.73 Å². The van der Waals surface area contributed by atoms with E-state index in [1.54, 1.807) is 18.1 Å². The number of nitrogens with two attached hydrogens (primary N) is 1. The number of carbonyl (C=O) groups excluding carboxylic acids is 2. The van der Waals surface area contributed by atoms with Crippen molar-refractivity contribution in [1.82, 2.24) is 4.90 Å². The SMILES string of the molecule is COCC1(CC(N)=O)CCCN1C(=O)Cc1ccccc1Cl. The number of likely N-dealkylation sites (tertiary alicyclic amines) is 1. The van der Waals surface area contributed by atoms with Gasteiger partial charge in [0.2, 0.25) is 11.8 Å². The number of carbonyl (C=O) groups is 2. The second-order valence-corrected chi connectivity index (χ2v) is 6.12. The molecule has 1 atom stereocenters. The number of hydrogen-bond acceptors (Lipinski definition) is 3. The standard InChI is InChI=1S/C16H21ClN2O3/c1-22-11-16(10-14(18)20)7-4-8-19(16)15(21)9-12-5-2-3-6-13(12)17/h2-3,5-6H,4,7-11H2,1H3,(H2,18,20). The fourth-order valence-corrected chi connectivity index (χ4v) is 3.41. The summed E-state index contributed by atoms with van der Waals surface area (Å²) < 4.78 is 5.26. The van der Waals surface area contributed by atoms with Crippen molar-refractivity contribution in [3.63, 3.8) is 0 Å². The zero-order valence-corrected chi connectivity index (χ0v) is 13.4. The van der Waals surface area contributed by atoms with Crippen molar-refractivity contribution in [3.05, 3.63) is 34.9 Å². The fourth-order valence-electron chi connectivity index (χ4n) is 3.21. The van der Waals surface area contributed by atoms with Gasteiger partial charge in [-0.1, -0.05) is 29.8 Å². The Kier molecular flexibility index (Phi) is 5.42. The molecule has 2 rings (SSSR count). The predicted octanol–water partition coefficient (Wildman–Crippen LogP) is 1.77. The minimum atomic E-state index is -0.626. The minimum Gasteiger partial charge on any atom is -0.382 e. The third-order valence-electron chi connectivity index (χ3n) is 4.11. The van der Waals surface area contributed by atoms with Gasteiger partial charge in [-0.25, -0.2) is 0 Å². The van der Waals surface area contributed by atoms with Crippen molar-refractivity contribution >= 4 is 23.4 Å². The molecule has 0 aromatic heterocycles. The first-order valence-corrected chi connectivity index (χ1v) is 7.67. The van der Waals surface area contributed by atoms with Crippen LogP contribution in [0.1, 0.15) is 24.8 Å². The van der Waals surface area contributed by atoms with E-state index in [1.165, 1.54) is 0 Å². The van der Waals surface area contributed by atoms with Gasteiger partial charge in [0.05, 0.1) is 25.0 Å². The van der Waals surface area contributed by atoms with Gasteiger partial charge in [-0.2, -0.15) is 0 Å². The van der Waals surface area contributed by atoms with Crippen LogP contribution >= 0.6 is 11.6 Å². The first-order valence-electron chi connectivity index (χ1n) is 7.29. The van der Waals surface area contributed by atoms with Gasteiger partial charge in [0, 0.05) is 18.7 Å². The van der Waals surface area contributed by atoms with Gasteiger partial charge in [-0.05, 0) is 24.5 Å². The molecule has 5 nitrogen and oxygen atoms in total. The highest BCUT2D eigenvalue weighted by atomic mass is 35.5. The van der Waals surface area contributed by atoms with Crippen molar-refractivity contribution in [2.45, 2.75) is 31.2 Å². The summed E-state index contributed by atoms with van der Waals surface area (Å²) in [6, 6.07) is 7.28. The summed E-state index contributed by atoms with van der Waals surface area (Å²) in [6.45, 7) is 0.921. The van der Waals surface area contributed by atoms with Gasteiger partial charge in [0.15, 0.2) is 0 Å². The van der Waals surface area contributed by atoms with E-state index in [2.05, 4.69) is 0 Å². The molecule has 22 heavy (non-hydrogen) atoms. The molecule has 120 valence electrons. The van der Waals surface area contributed by atoms with E-state index in [1.807, 2.05) is 18.2 Å². The number of rotatable bonds is 6. The van der Waals surface area contributed by atoms with Crippen LogP contribution in [0.2, 0.25) is 5.02 Å². The molecule has 2 amide bonds. The third-order valence-corrected chi connectivity index (χ3v) is 4.48. The Bertz CT molecular complexity index is 564. The van der Waals surface area contributed by atoms with Crippen molar-refractivity contribution < 1.29 is 14.3 Å². The highest BCUT2D eigenvalue weighted by Crippen LogP contribution is 2.33. The Balaban J connectivity index is 2.19. The first kappa shape index (κ1) is 16.8. The summed E-state index contributed by atoms with van der Waals surface area (Å²) in [5.74, 6) is -0.474. The molecule has 0 bridgehead atoms. The summed E-state index contributed by atoms with van der Waals surface area (Å²) in [7, 11) is 1.57. The molecule has 0 spiro atoms. The second-order valence-electron chi connectivity index (χ2n) is 5.72. The number of hydrogen-bond donors (Lipinski definition) is 1. The monoisotopic (exact) mass is 324 g/mol. The van der Waals surface area contributed by atoms with Crippen molar-refractivity contribution in [2.75, 3.05) is 20.3 Å². The lowest BCUT2D eigenvalue weighted by Gasteiger charge is -2.37. The normalized spacial score (nSPS) is 21.1. The average molecular weight is 325 g/mol. The molecule has 1 aliphatic rings. The maximum Gasteiger partial charge on any atom is 0.227 e. The van der Waals surface area contributed by atoms with Crippen LogP contribution in [-0.2, 0) is 20.7 Å². The molecule has 1 unspecified atom stereocenters. The quantitative estimate of drug-likeness (QED) is 0.866. The zero-order valence-electron chi connectivity index (χ0n) is 12.7. The molecule has 1 aromatic carbocycles. The zero-order chi connectivity index (χ0) is 16.2. The van der Waals surface area contributed by atoms with Crippen molar-refractivity contribution in [3.8, 4) is 0 Å². The van der Waals surface area contributed by atoms with E-state index >= 15 is 0 Å². The van der Waals surface area contributed by atoms with Crippen LogP contribution in [0.5, 0.6) is 0 Å². The molecule has 2 N–H and O–H groups in total. The van der Waals surface area contributed by atoms with Crippen LogP contribution in [0, 0.1) is 0 Å². The summed E-state index contributed by atoms with van der Waals surface area (Å²) >= 11 is 6.12. The van der Waals surface area contributed by atoms with E-state index < -0.39 is 11.4 Å². The first-order chi connectivity index (χ1) is 10.5. The molecule has 0 radical (unpaired) electrons. The number of primary amides is 1. The van der Waals surface area contributed by atoms with Gasteiger partial charge >= 0.3 is 0 Å². The highest BCUT2D eigenvalue weighted by molar-refractivity contribution is 6.31. The smallest absolute Gasteiger partial charge is 0.227 e. The van der Waals surface area contributed by atoms with Gasteiger partial charge in [0.25, 0.3) is 0 Å². The van der Waals surface area contributed by atoms with E-state index in [4.69, 9.17) is 22.1 Å². The molecule has 1 aliphatic heterocycles. The average Bonchev–Trinajstić information content (AvgIpc) is 2.84. The predicted molar refractivity (Wildman–Crippen MR) is 84.5 cm³/mol. The number of benzene rings is 1. The molecule has 0 aliphatic carbocycles. The second kappa shape index (κ2) is 7.11. The Morgan fingerprint density at radius 1 is 1.41 bits per heavy atom. The fraction of sp³-hybridized carbons (Fsp3) is 0.500. The summed E-state index contributed by atoms with van der Waals surface area (Å²) in [6.07, 6.45) is 1.89. The molecule has 6 heteroatoms. The van der Waals surface area contributed by atoms with Gasteiger partial charge < -0.3 is 15.4 Å². The maximum atomic E-state index is 12.7. The maximum absolute atomic E-state index is 12.7. The number of halogens is 1. The number of methoxy groups -OCH3 is 1. The Morgan fingerprint density at radius 2 is 2.14 bits per heavy atom. The molecule has 1 aromatic rings.